The van der Waals surface area contributed by atoms with E-state index in [4.69, 9.17) is 13.6 Å². The van der Waals surface area contributed by atoms with E-state index in [1.54, 1.807) is 19.6 Å². The zero-order chi connectivity index (χ0) is 15.6. The first-order valence-electron chi connectivity index (χ1n) is 7.32. The molecule has 0 unspecified atom stereocenters. The van der Waals surface area contributed by atoms with Gasteiger partial charge in [-0.3, -0.25) is 4.99 Å². The predicted octanol–water partition coefficient (Wildman–Crippen LogP) is 2.76. The highest BCUT2D eigenvalue weighted by Crippen LogP contribution is 2.04. The molecule has 1 N–H and O–H groups in total. The largest absolute Gasteiger partial charge is 0.469 e. The standard InChI is InChI=1S/C16H23N3O3.HI/c1-19(13-15-6-4-11-22-15)16(18-9-12-20-2)17-8-7-14-5-3-10-21-14;/h3-6,10-11H,7-9,12-13H2,1-2H3,(H,17,18);1H. The van der Waals surface area contributed by atoms with Crippen molar-refractivity contribution in [3.8, 4) is 0 Å². The fraction of sp³-hybridized carbons (Fsp3) is 0.438. The average molecular weight is 433 g/mol. The lowest BCUT2D eigenvalue weighted by Gasteiger charge is -2.21. The lowest BCUT2D eigenvalue weighted by Crippen LogP contribution is -2.39. The van der Waals surface area contributed by atoms with Gasteiger partial charge >= 0.3 is 0 Å². The van der Waals surface area contributed by atoms with Gasteiger partial charge in [0.2, 0.25) is 0 Å². The molecule has 0 spiro atoms. The van der Waals surface area contributed by atoms with E-state index in [9.17, 15) is 0 Å². The summed E-state index contributed by atoms with van der Waals surface area (Å²) in [6, 6.07) is 7.70. The van der Waals surface area contributed by atoms with Crippen LogP contribution in [-0.2, 0) is 17.7 Å². The molecule has 0 radical (unpaired) electrons. The first kappa shape index (κ1) is 19.6. The Hall–Kier alpha value is -1.48. The van der Waals surface area contributed by atoms with E-state index in [0.29, 0.717) is 19.7 Å². The van der Waals surface area contributed by atoms with Crippen LogP contribution in [0.5, 0.6) is 0 Å². The fourth-order valence-electron chi connectivity index (χ4n) is 2.02. The zero-order valence-electron chi connectivity index (χ0n) is 13.5. The third-order valence-corrected chi connectivity index (χ3v) is 3.13. The molecule has 6 nitrogen and oxygen atoms in total. The van der Waals surface area contributed by atoms with Crippen LogP contribution >= 0.6 is 24.0 Å². The summed E-state index contributed by atoms with van der Waals surface area (Å²) in [4.78, 5) is 6.57. The summed E-state index contributed by atoms with van der Waals surface area (Å²) in [5.41, 5.74) is 0. The average Bonchev–Trinajstić information content (AvgIpc) is 3.19. The van der Waals surface area contributed by atoms with Gasteiger partial charge in [-0.05, 0) is 24.3 Å². The van der Waals surface area contributed by atoms with Gasteiger partial charge < -0.3 is 23.8 Å². The molecule has 0 aliphatic carbocycles. The van der Waals surface area contributed by atoms with E-state index >= 15 is 0 Å². The quantitative estimate of drug-likeness (QED) is 0.300. The molecule has 23 heavy (non-hydrogen) atoms. The molecule has 2 rings (SSSR count). The van der Waals surface area contributed by atoms with E-state index in [2.05, 4.69) is 10.3 Å². The maximum absolute atomic E-state index is 5.38. The Kier molecular flexibility index (Phi) is 9.46. The third kappa shape index (κ3) is 7.08. The SMILES string of the molecule is COCCN=C(NCCc1ccco1)N(C)Cc1ccco1.I. The second kappa shape index (κ2) is 11.1. The number of furan rings is 2. The van der Waals surface area contributed by atoms with Crippen molar-refractivity contribution >= 4 is 29.9 Å². The number of halogens is 1. The van der Waals surface area contributed by atoms with Crippen LogP contribution in [0.2, 0.25) is 0 Å². The van der Waals surface area contributed by atoms with E-state index in [0.717, 1.165) is 30.4 Å². The summed E-state index contributed by atoms with van der Waals surface area (Å²) in [5.74, 6) is 2.67. The fourth-order valence-corrected chi connectivity index (χ4v) is 2.02. The second-order valence-electron chi connectivity index (χ2n) is 4.89. The summed E-state index contributed by atoms with van der Waals surface area (Å²) in [7, 11) is 3.65. The number of nitrogens with one attached hydrogen (secondary N) is 1. The number of hydrogen-bond donors (Lipinski definition) is 1. The molecule has 2 aromatic rings. The van der Waals surface area contributed by atoms with Gasteiger partial charge in [-0.15, -0.1) is 24.0 Å². The van der Waals surface area contributed by atoms with Gasteiger partial charge in [0.15, 0.2) is 5.96 Å². The molecule has 0 fully saturated rings. The zero-order valence-corrected chi connectivity index (χ0v) is 15.9. The second-order valence-corrected chi connectivity index (χ2v) is 4.89. The van der Waals surface area contributed by atoms with Gasteiger partial charge in [0.25, 0.3) is 0 Å². The van der Waals surface area contributed by atoms with Crippen molar-refractivity contribution < 1.29 is 13.6 Å². The van der Waals surface area contributed by atoms with Crippen molar-refractivity contribution in [3.05, 3.63) is 48.3 Å². The van der Waals surface area contributed by atoms with Gasteiger partial charge in [0.1, 0.15) is 11.5 Å². The normalized spacial score (nSPS) is 11.1. The van der Waals surface area contributed by atoms with Crippen LogP contribution in [0.15, 0.2) is 50.6 Å². The molecule has 0 saturated heterocycles. The molecule has 2 heterocycles. The molecular formula is C16H24IN3O3. The highest BCUT2D eigenvalue weighted by atomic mass is 127. The lowest BCUT2D eigenvalue weighted by atomic mass is 10.3. The van der Waals surface area contributed by atoms with Crippen LogP contribution in [0.3, 0.4) is 0 Å². The highest BCUT2D eigenvalue weighted by molar-refractivity contribution is 14.0. The number of aliphatic imine (C=N–C) groups is 1. The molecular weight excluding hydrogens is 409 g/mol. The van der Waals surface area contributed by atoms with Crippen LogP contribution in [-0.4, -0.2) is 44.7 Å². The van der Waals surface area contributed by atoms with Crippen LogP contribution < -0.4 is 5.32 Å². The predicted molar refractivity (Wildman–Crippen MR) is 100 cm³/mol. The van der Waals surface area contributed by atoms with Gasteiger partial charge in [-0.2, -0.15) is 0 Å². The third-order valence-electron chi connectivity index (χ3n) is 3.13. The number of rotatable bonds is 8. The summed E-state index contributed by atoms with van der Waals surface area (Å²) >= 11 is 0. The molecule has 0 saturated carbocycles. The Morgan fingerprint density at radius 2 is 1.91 bits per heavy atom. The van der Waals surface area contributed by atoms with Gasteiger partial charge in [0.05, 0.1) is 32.2 Å². The molecule has 0 bridgehead atoms. The van der Waals surface area contributed by atoms with Crippen LogP contribution in [0, 0.1) is 0 Å². The van der Waals surface area contributed by atoms with E-state index < -0.39 is 0 Å². The Morgan fingerprint density at radius 1 is 1.22 bits per heavy atom. The van der Waals surface area contributed by atoms with Crippen molar-refractivity contribution in [2.75, 3.05) is 33.9 Å². The van der Waals surface area contributed by atoms with Gasteiger partial charge in [-0.1, -0.05) is 0 Å². The minimum absolute atomic E-state index is 0. The number of methoxy groups -OCH3 is 1. The monoisotopic (exact) mass is 433 g/mol. The number of nitrogens with zero attached hydrogens (tertiary/aromatic N) is 2. The molecule has 0 amide bonds. The van der Waals surface area contributed by atoms with Crippen LogP contribution in [0.1, 0.15) is 11.5 Å². The Labute approximate surface area is 153 Å². The lowest BCUT2D eigenvalue weighted by molar-refractivity contribution is 0.207. The van der Waals surface area contributed by atoms with Gasteiger partial charge in [-0.25, -0.2) is 0 Å². The molecule has 0 aliphatic heterocycles. The first-order chi connectivity index (χ1) is 10.8. The topological polar surface area (TPSA) is 63.1 Å². The van der Waals surface area contributed by atoms with Crippen LogP contribution in [0.4, 0.5) is 0 Å². The Bertz CT molecular complexity index is 541. The van der Waals surface area contributed by atoms with E-state index in [1.807, 2.05) is 36.2 Å². The molecule has 0 atom stereocenters. The Balaban J connectivity index is 0.00000264. The molecule has 0 aromatic carbocycles. The molecule has 2 aromatic heterocycles. The molecule has 0 aliphatic rings. The maximum atomic E-state index is 5.38. The van der Waals surface area contributed by atoms with Crippen molar-refractivity contribution in [1.82, 2.24) is 10.2 Å². The smallest absolute Gasteiger partial charge is 0.194 e. The molecule has 7 heteroatoms. The Morgan fingerprint density at radius 3 is 2.52 bits per heavy atom. The summed E-state index contributed by atoms with van der Waals surface area (Å²) < 4.78 is 15.8. The number of hydrogen-bond acceptors (Lipinski definition) is 4. The van der Waals surface area contributed by atoms with Crippen molar-refractivity contribution in [2.45, 2.75) is 13.0 Å². The van der Waals surface area contributed by atoms with Crippen molar-refractivity contribution in [3.63, 3.8) is 0 Å². The molecule has 128 valence electrons. The first-order valence-corrected chi connectivity index (χ1v) is 7.32. The minimum atomic E-state index is 0. The van der Waals surface area contributed by atoms with Crippen molar-refractivity contribution in [2.24, 2.45) is 4.99 Å². The summed E-state index contributed by atoms with van der Waals surface area (Å²) in [6.45, 7) is 2.62. The van der Waals surface area contributed by atoms with Crippen LogP contribution in [0.25, 0.3) is 0 Å². The maximum Gasteiger partial charge on any atom is 0.194 e. The summed E-state index contributed by atoms with van der Waals surface area (Å²) in [6.07, 6.45) is 4.17. The number of ether oxygens (including phenoxy) is 1. The van der Waals surface area contributed by atoms with Crippen molar-refractivity contribution in [1.29, 1.82) is 0 Å². The van der Waals surface area contributed by atoms with Gasteiger partial charge in [0, 0.05) is 27.1 Å². The minimum Gasteiger partial charge on any atom is -0.469 e. The van der Waals surface area contributed by atoms with E-state index in [1.165, 1.54) is 0 Å². The summed E-state index contributed by atoms with van der Waals surface area (Å²) in [5, 5.41) is 3.35. The highest BCUT2D eigenvalue weighted by Gasteiger charge is 2.09. The van der Waals surface area contributed by atoms with E-state index in [-0.39, 0.29) is 24.0 Å². The number of guanidine groups is 1.